The number of nitrogens with zero attached hydrogens (tertiary/aromatic N) is 2. The van der Waals surface area contributed by atoms with Crippen LogP contribution in [-0.4, -0.2) is 54.9 Å². The van der Waals surface area contributed by atoms with Crippen LogP contribution in [0.4, 0.5) is 0 Å². The molecule has 2 aliphatic heterocycles. The van der Waals surface area contributed by atoms with E-state index in [1.165, 1.54) is 6.42 Å². The summed E-state index contributed by atoms with van der Waals surface area (Å²) in [6.45, 7) is 9.09. The van der Waals surface area contributed by atoms with Gasteiger partial charge < -0.3 is 14.5 Å². The molecule has 28 heavy (non-hydrogen) atoms. The highest BCUT2D eigenvalue weighted by molar-refractivity contribution is 5.83. The third-order valence-corrected chi connectivity index (χ3v) is 5.88. The largest absolute Gasteiger partial charge is 0.497 e. The number of methoxy groups -OCH3 is 1. The molecule has 2 aliphatic rings. The van der Waals surface area contributed by atoms with Crippen molar-refractivity contribution in [3.8, 4) is 5.75 Å². The molecule has 0 N–H and O–H groups in total. The van der Waals surface area contributed by atoms with E-state index in [4.69, 9.17) is 4.74 Å². The van der Waals surface area contributed by atoms with Gasteiger partial charge in [0.15, 0.2) is 0 Å². The van der Waals surface area contributed by atoms with Crippen LogP contribution in [0.25, 0.3) is 0 Å². The van der Waals surface area contributed by atoms with Gasteiger partial charge in [0.05, 0.1) is 13.0 Å². The van der Waals surface area contributed by atoms with Gasteiger partial charge in [-0.2, -0.15) is 0 Å². The van der Waals surface area contributed by atoms with Gasteiger partial charge in [-0.1, -0.05) is 32.9 Å². The summed E-state index contributed by atoms with van der Waals surface area (Å²) in [5.74, 6) is 1.06. The Morgan fingerprint density at radius 1 is 1.00 bits per heavy atom. The van der Waals surface area contributed by atoms with Crippen molar-refractivity contribution in [2.45, 2.75) is 52.4 Å². The van der Waals surface area contributed by atoms with Crippen molar-refractivity contribution in [3.63, 3.8) is 0 Å². The first-order valence-electron chi connectivity index (χ1n) is 10.5. The quantitative estimate of drug-likeness (QED) is 0.793. The molecule has 1 aromatic carbocycles. The summed E-state index contributed by atoms with van der Waals surface area (Å²) in [5, 5.41) is 0. The van der Waals surface area contributed by atoms with Crippen LogP contribution in [0.1, 0.15) is 57.9 Å². The van der Waals surface area contributed by atoms with Gasteiger partial charge in [0.25, 0.3) is 0 Å². The van der Waals surface area contributed by atoms with Crippen LogP contribution in [0, 0.1) is 11.3 Å². The average molecular weight is 387 g/mol. The van der Waals surface area contributed by atoms with E-state index in [1.54, 1.807) is 7.11 Å². The Morgan fingerprint density at radius 3 is 2.21 bits per heavy atom. The van der Waals surface area contributed by atoms with E-state index in [2.05, 4.69) is 20.8 Å². The van der Waals surface area contributed by atoms with Crippen LogP contribution >= 0.6 is 0 Å². The smallest absolute Gasteiger partial charge is 0.228 e. The van der Waals surface area contributed by atoms with E-state index in [0.717, 1.165) is 37.2 Å². The van der Waals surface area contributed by atoms with Crippen LogP contribution in [0.2, 0.25) is 0 Å². The molecule has 2 amide bonds. The van der Waals surface area contributed by atoms with Crippen molar-refractivity contribution in [3.05, 3.63) is 29.8 Å². The summed E-state index contributed by atoms with van der Waals surface area (Å²) in [6, 6.07) is 7.96. The van der Waals surface area contributed by atoms with Crippen molar-refractivity contribution in [1.29, 1.82) is 0 Å². The molecule has 5 heteroatoms. The van der Waals surface area contributed by atoms with Crippen LogP contribution in [0.5, 0.6) is 5.75 Å². The molecule has 0 aliphatic carbocycles. The number of hydrogen-bond donors (Lipinski definition) is 0. The van der Waals surface area contributed by atoms with E-state index >= 15 is 0 Å². The maximum absolute atomic E-state index is 13.3. The number of amides is 2. The lowest BCUT2D eigenvalue weighted by molar-refractivity contribution is -0.137. The van der Waals surface area contributed by atoms with Crippen molar-refractivity contribution in [1.82, 2.24) is 9.80 Å². The van der Waals surface area contributed by atoms with E-state index in [9.17, 15) is 9.59 Å². The highest BCUT2D eigenvalue weighted by Crippen LogP contribution is 2.36. The Balaban J connectivity index is 1.81. The summed E-state index contributed by atoms with van der Waals surface area (Å²) >= 11 is 0. The summed E-state index contributed by atoms with van der Waals surface area (Å²) in [4.78, 5) is 30.1. The lowest BCUT2D eigenvalue weighted by Crippen LogP contribution is -2.42. The zero-order valence-corrected chi connectivity index (χ0v) is 17.7. The average Bonchev–Trinajstić information content (AvgIpc) is 3.12. The number of likely N-dealkylation sites (tertiary alicyclic amines) is 2. The number of hydrogen-bond acceptors (Lipinski definition) is 3. The second kappa shape index (κ2) is 8.54. The molecule has 2 atom stereocenters. The van der Waals surface area contributed by atoms with Crippen LogP contribution in [0.3, 0.4) is 0 Å². The van der Waals surface area contributed by atoms with Crippen molar-refractivity contribution in [2.24, 2.45) is 11.3 Å². The van der Waals surface area contributed by atoms with Gasteiger partial charge in [-0.3, -0.25) is 9.59 Å². The topological polar surface area (TPSA) is 49.9 Å². The van der Waals surface area contributed by atoms with Gasteiger partial charge in [-0.05, 0) is 42.4 Å². The van der Waals surface area contributed by atoms with Crippen LogP contribution < -0.4 is 4.74 Å². The predicted molar refractivity (Wildman–Crippen MR) is 110 cm³/mol. The fourth-order valence-electron chi connectivity index (χ4n) is 4.36. The van der Waals surface area contributed by atoms with E-state index in [-0.39, 0.29) is 29.1 Å². The van der Waals surface area contributed by atoms with Gasteiger partial charge in [0, 0.05) is 38.5 Å². The van der Waals surface area contributed by atoms with Gasteiger partial charge in [0.2, 0.25) is 11.8 Å². The number of ether oxygens (including phenoxy) is 1. The molecule has 5 nitrogen and oxygen atoms in total. The zero-order chi connectivity index (χ0) is 20.3. The lowest BCUT2D eigenvalue weighted by Gasteiger charge is -2.31. The third kappa shape index (κ3) is 4.86. The minimum Gasteiger partial charge on any atom is -0.497 e. The predicted octanol–water partition coefficient (Wildman–Crippen LogP) is 3.69. The normalized spacial score (nSPS) is 23.0. The molecule has 1 aromatic rings. The molecule has 3 rings (SSSR count). The molecule has 0 unspecified atom stereocenters. The Bertz CT molecular complexity index is 687. The van der Waals surface area contributed by atoms with Crippen LogP contribution in [-0.2, 0) is 9.59 Å². The molecular formula is C23H34N2O3. The molecule has 0 bridgehead atoms. The third-order valence-electron chi connectivity index (χ3n) is 5.88. The van der Waals surface area contributed by atoms with Gasteiger partial charge >= 0.3 is 0 Å². The monoisotopic (exact) mass is 386 g/mol. The number of rotatable bonds is 4. The Morgan fingerprint density at radius 2 is 1.64 bits per heavy atom. The standard InChI is InChI=1S/C23H34N2O3/c1-23(2,3)14-21(26)25-15-19(17-8-10-18(28-4)11-9-17)20(16-25)22(27)24-12-6-5-7-13-24/h8-11,19-20H,5-7,12-16H2,1-4H3/t19-,20+/m0/s1. The number of carbonyl (C=O) groups is 2. The first kappa shape index (κ1) is 20.7. The minimum atomic E-state index is -0.157. The highest BCUT2D eigenvalue weighted by atomic mass is 16.5. The Labute approximate surface area is 169 Å². The molecule has 0 spiro atoms. The molecular weight excluding hydrogens is 352 g/mol. The first-order chi connectivity index (χ1) is 13.3. The summed E-state index contributed by atoms with van der Waals surface area (Å²) in [7, 11) is 1.65. The second-order valence-corrected chi connectivity index (χ2v) is 9.41. The minimum absolute atomic E-state index is 0.0456. The summed E-state index contributed by atoms with van der Waals surface area (Å²) < 4.78 is 5.28. The summed E-state index contributed by atoms with van der Waals surface area (Å²) in [5.41, 5.74) is 1.06. The molecule has 0 saturated carbocycles. The maximum Gasteiger partial charge on any atom is 0.228 e. The Hall–Kier alpha value is -2.04. The van der Waals surface area contributed by atoms with Crippen molar-refractivity contribution < 1.29 is 14.3 Å². The summed E-state index contributed by atoms with van der Waals surface area (Å²) in [6.07, 6.45) is 3.87. The maximum atomic E-state index is 13.3. The van der Waals surface area contributed by atoms with Gasteiger partial charge in [-0.15, -0.1) is 0 Å². The zero-order valence-electron chi connectivity index (χ0n) is 17.7. The lowest BCUT2D eigenvalue weighted by atomic mass is 9.87. The molecule has 0 radical (unpaired) electrons. The fraction of sp³-hybridized carbons (Fsp3) is 0.652. The first-order valence-corrected chi connectivity index (χ1v) is 10.5. The number of piperidine rings is 1. The molecule has 2 fully saturated rings. The molecule has 2 saturated heterocycles. The van der Waals surface area contributed by atoms with E-state index < -0.39 is 0 Å². The van der Waals surface area contributed by atoms with Crippen LogP contribution in [0.15, 0.2) is 24.3 Å². The van der Waals surface area contributed by atoms with Crippen molar-refractivity contribution in [2.75, 3.05) is 33.3 Å². The van der Waals surface area contributed by atoms with Crippen molar-refractivity contribution >= 4 is 11.8 Å². The second-order valence-electron chi connectivity index (χ2n) is 9.41. The molecule has 2 heterocycles. The van der Waals surface area contributed by atoms with Gasteiger partial charge in [-0.25, -0.2) is 0 Å². The SMILES string of the molecule is COc1ccc([C@@H]2CN(C(=O)CC(C)(C)C)C[C@H]2C(=O)N2CCCCC2)cc1. The Kier molecular flexibility index (Phi) is 6.31. The van der Waals surface area contributed by atoms with E-state index in [0.29, 0.717) is 19.5 Å². The number of carbonyl (C=O) groups excluding carboxylic acids is 2. The van der Waals surface area contributed by atoms with Gasteiger partial charge in [0.1, 0.15) is 5.75 Å². The molecule has 0 aromatic heterocycles. The number of benzene rings is 1. The fourth-order valence-corrected chi connectivity index (χ4v) is 4.36. The molecule has 154 valence electrons. The van der Waals surface area contributed by atoms with E-state index in [1.807, 2.05) is 34.1 Å². The highest BCUT2D eigenvalue weighted by Gasteiger charge is 2.42.